The summed E-state index contributed by atoms with van der Waals surface area (Å²) >= 11 is 3.50. The normalized spacial score (nSPS) is 11.5. The first kappa shape index (κ1) is 12.6. The average Bonchev–Trinajstić information content (AvgIpc) is 2.09. The lowest BCUT2D eigenvalue weighted by molar-refractivity contribution is 0.390. The van der Waals surface area contributed by atoms with E-state index in [0.29, 0.717) is 5.41 Å². The van der Waals surface area contributed by atoms with Gasteiger partial charge in [-0.3, -0.25) is 0 Å². The molecule has 84 valence electrons. The molecule has 1 aromatic carbocycles. The van der Waals surface area contributed by atoms with Crippen LogP contribution in [-0.4, -0.2) is 6.54 Å². The molecule has 0 unspecified atom stereocenters. The molecule has 0 aliphatic carbocycles. The monoisotopic (exact) mass is 269 g/mol. The lowest BCUT2D eigenvalue weighted by Crippen LogP contribution is -2.12. The van der Waals surface area contributed by atoms with Crippen molar-refractivity contribution in [3.8, 4) is 0 Å². The number of nitrogens with one attached hydrogen (secondary N) is 1. The Morgan fingerprint density at radius 3 is 2.47 bits per heavy atom. The molecule has 0 aliphatic rings. The van der Waals surface area contributed by atoms with Gasteiger partial charge >= 0.3 is 0 Å². The molecular formula is C13H20BrN. The first-order valence-electron chi connectivity index (χ1n) is 5.38. The Labute approximate surface area is 101 Å². The van der Waals surface area contributed by atoms with Crippen LogP contribution in [0.4, 0.5) is 5.69 Å². The molecule has 0 fully saturated rings. The zero-order valence-corrected chi connectivity index (χ0v) is 11.6. The van der Waals surface area contributed by atoms with Crippen LogP contribution >= 0.6 is 15.9 Å². The van der Waals surface area contributed by atoms with Crippen LogP contribution in [0.2, 0.25) is 0 Å². The highest BCUT2D eigenvalue weighted by Gasteiger charge is 2.08. The maximum atomic E-state index is 3.50. The van der Waals surface area contributed by atoms with Gasteiger partial charge in [0.15, 0.2) is 0 Å². The van der Waals surface area contributed by atoms with Crippen molar-refractivity contribution >= 4 is 21.6 Å². The number of aryl methyl sites for hydroxylation is 1. The lowest BCUT2D eigenvalue weighted by atomic mass is 9.92. The number of halogens is 1. The standard InChI is InChI=1S/C13H20BrN/c1-10-9-11(5-6-12(10)14)15-8-7-13(2,3)4/h5-6,9,15H,7-8H2,1-4H3. The number of anilines is 1. The molecule has 0 aromatic heterocycles. The van der Waals surface area contributed by atoms with Crippen molar-refractivity contribution < 1.29 is 0 Å². The average molecular weight is 270 g/mol. The molecule has 1 aromatic rings. The second kappa shape index (κ2) is 5.02. The summed E-state index contributed by atoms with van der Waals surface area (Å²) in [7, 11) is 0. The van der Waals surface area contributed by atoms with E-state index in [1.807, 2.05) is 0 Å². The highest BCUT2D eigenvalue weighted by atomic mass is 79.9. The van der Waals surface area contributed by atoms with Gasteiger partial charge in [0.05, 0.1) is 0 Å². The van der Waals surface area contributed by atoms with Crippen molar-refractivity contribution in [3.63, 3.8) is 0 Å². The summed E-state index contributed by atoms with van der Waals surface area (Å²) in [5, 5.41) is 3.45. The maximum Gasteiger partial charge on any atom is 0.0343 e. The minimum atomic E-state index is 0.400. The molecule has 0 saturated heterocycles. The van der Waals surface area contributed by atoms with Crippen molar-refractivity contribution in [1.82, 2.24) is 0 Å². The van der Waals surface area contributed by atoms with Gasteiger partial charge in [-0.15, -0.1) is 0 Å². The molecule has 15 heavy (non-hydrogen) atoms. The van der Waals surface area contributed by atoms with Gasteiger partial charge in [-0.25, -0.2) is 0 Å². The van der Waals surface area contributed by atoms with Crippen molar-refractivity contribution in [2.24, 2.45) is 5.41 Å². The summed E-state index contributed by atoms with van der Waals surface area (Å²) in [6, 6.07) is 6.38. The third-order valence-corrected chi connectivity index (χ3v) is 3.25. The fourth-order valence-corrected chi connectivity index (χ4v) is 1.58. The largest absolute Gasteiger partial charge is 0.385 e. The van der Waals surface area contributed by atoms with Crippen LogP contribution in [0.3, 0.4) is 0 Å². The van der Waals surface area contributed by atoms with Crippen LogP contribution in [0.1, 0.15) is 32.8 Å². The van der Waals surface area contributed by atoms with E-state index in [0.717, 1.165) is 6.54 Å². The van der Waals surface area contributed by atoms with Crippen molar-refractivity contribution in [2.45, 2.75) is 34.1 Å². The Hall–Kier alpha value is -0.500. The predicted octanol–water partition coefficient (Wildman–Crippen LogP) is 4.61. The number of hydrogen-bond donors (Lipinski definition) is 1. The second-order valence-corrected chi connectivity index (χ2v) is 6.06. The van der Waals surface area contributed by atoms with E-state index in [4.69, 9.17) is 0 Å². The highest BCUT2D eigenvalue weighted by molar-refractivity contribution is 9.10. The fourth-order valence-electron chi connectivity index (χ4n) is 1.34. The first-order valence-corrected chi connectivity index (χ1v) is 6.18. The van der Waals surface area contributed by atoms with Crippen LogP contribution in [-0.2, 0) is 0 Å². The Morgan fingerprint density at radius 1 is 1.27 bits per heavy atom. The van der Waals surface area contributed by atoms with Crippen molar-refractivity contribution in [2.75, 3.05) is 11.9 Å². The van der Waals surface area contributed by atoms with Crippen molar-refractivity contribution in [3.05, 3.63) is 28.2 Å². The highest BCUT2D eigenvalue weighted by Crippen LogP contribution is 2.21. The molecule has 1 N–H and O–H groups in total. The maximum absolute atomic E-state index is 3.50. The van der Waals surface area contributed by atoms with E-state index in [1.54, 1.807) is 0 Å². The predicted molar refractivity (Wildman–Crippen MR) is 71.4 cm³/mol. The molecule has 0 spiro atoms. The minimum absolute atomic E-state index is 0.400. The fraction of sp³-hybridized carbons (Fsp3) is 0.538. The smallest absolute Gasteiger partial charge is 0.0343 e. The van der Waals surface area contributed by atoms with E-state index in [9.17, 15) is 0 Å². The number of benzene rings is 1. The molecule has 0 heterocycles. The van der Waals surface area contributed by atoms with Gasteiger partial charge in [-0.2, -0.15) is 0 Å². The third kappa shape index (κ3) is 4.70. The van der Waals surface area contributed by atoms with Crippen LogP contribution in [0.15, 0.2) is 22.7 Å². The molecule has 0 aliphatic heterocycles. The zero-order valence-electron chi connectivity index (χ0n) is 10.0. The van der Waals surface area contributed by atoms with Gasteiger partial charge in [0, 0.05) is 16.7 Å². The van der Waals surface area contributed by atoms with Gasteiger partial charge in [0.2, 0.25) is 0 Å². The molecular weight excluding hydrogens is 250 g/mol. The van der Waals surface area contributed by atoms with Gasteiger partial charge in [-0.05, 0) is 42.5 Å². The van der Waals surface area contributed by atoms with Crippen molar-refractivity contribution in [1.29, 1.82) is 0 Å². The summed E-state index contributed by atoms with van der Waals surface area (Å²) in [6.07, 6.45) is 1.18. The lowest BCUT2D eigenvalue weighted by Gasteiger charge is -2.18. The zero-order chi connectivity index (χ0) is 11.5. The van der Waals surface area contributed by atoms with E-state index >= 15 is 0 Å². The topological polar surface area (TPSA) is 12.0 Å². The Balaban J connectivity index is 2.48. The molecule has 0 radical (unpaired) electrons. The quantitative estimate of drug-likeness (QED) is 0.846. The molecule has 1 nitrogen and oxygen atoms in total. The Morgan fingerprint density at radius 2 is 1.93 bits per heavy atom. The Kier molecular flexibility index (Phi) is 4.21. The first-order chi connectivity index (χ1) is 6.88. The van der Waals surface area contributed by atoms with Gasteiger partial charge in [0.1, 0.15) is 0 Å². The Bertz CT molecular complexity index is 326. The molecule has 0 saturated carbocycles. The van der Waals surface area contributed by atoms with Crippen LogP contribution in [0.5, 0.6) is 0 Å². The molecule has 1 rings (SSSR count). The van der Waals surface area contributed by atoms with E-state index in [1.165, 1.54) is 22.1 Å². The van der Waals surface area contributed by atoms with E-state index < -0.39 is 0 Å². The molecule has 0 atom stereocenters. The number of hydrogen-bond acceptors (Lipinski definition) is 1. The minimum Gasteiger partial charge on any atom is -0.385 e. The second-order valence-electron chi connectivity index (χ2n) is 5.20. The summed E-state index contributed by atoms with van der Waals surface area (Å²) < 4.78 is 1.17. The van der Waals surface area contributed by atoms with Gasteiger partial charge in [0.25, 0.3) is 0 Å². The van der Waals surface area contributed by atoms with Gasteiger partial charge < -0.3 is 5.32 Å². The molecule has 0 bridgehead atoms. The third-order valence-electron chi connectivity index (χ3n) is 2.36. The SMILES string of the molecule is Cc1cc(NCCC(C)(C)C)ccc1Br. The molecule has 0 amide bonds. The van der Waals surface area contributed by atoms with E-state index in [2.05, 4.69) is 67.1 Å². The summed E-state index contributed by atoms with van der Waals surface area (Å²) in [5.41, 5.74) is 2.88. The van der Waals surface area contributed by atoms with Gasteiger partial charge in [-0.1, -0.05) is 36.7 Å². The molecule has 2 heteroatoms. The summed E-state index contributed by atoms with van der Waals surface area (Å²) in [5.74, 6) is 0. The van der Waals surface area contributed by atoms with Crippen LogP contribution in [0.25, 0.3) is 0 Å². The summed E-state index contributed by atoms with van der Waals surface area (Å²) in [4.78, 5) is 0. The van der Waals surface area contributed by atoms with Crippen LogP contribution in [0, 0.1) is 12.3 Å². The van der Waals surface area contributed by atoms with E-state index in [-0.39, 0.29) is 0 Å². The summed E-state index contributed by atoms with van der Waals surface area (Å²) in [6.45, 7) is 9.94. The van der Waals surface area contributed by atoms with Crippen LogP contribution < -0.4 is 5.32 Å². The number of rotatable bonds is 3.